The van der Waals surface area contributed by atoms with E-state index in [1.807, 2.05) is 0 Å². The maximum absolute atomic E-state index is 12.7. The lowest BCUT2D eigenvalue weighted by Crippen LogP contribution is -2.28. The fraction of sp³-hybridized carbons (Fsp3) is 0.188. The monoisotopic (exact) mass is 422 g/mol. The Kier molecular flexibility index (Phi) is 6.50. The Labute approximate surface area is 160 Å². The number of alkyl halides is 3. The summed E-state index contributed by atoms with van der Waals surface area (Å²) in [6, 6.07) is 5.81. The topological polar surface area (TPSA) is 77.4 Å². The molecule has 1 aromatic carbocycles. The van der Waals surface area contributed by atoms with E-state index in [-0.39, 0.29) is 15.7 Å². The van der Waals surface area contributed by atoms with E-state index in [0.29, 0.717) is 22.9 Å². The minimum atomic E-state index is -4.67. The van der Waals surface area contributed by atoms with E-state index in [4.69, 9.17) is 23.2 Å². The lowest BCUT2D eigenvalue weighted by Gasteiger charge is -2.11. The molecule has 0 atom stereocenters. The second-order valence-corrected chi connectivity index (χ2v) is 6.00. The van der Waals surface area contributed by atoms with Crippen molar-refractivity contribution in [1.82, 2.24) is 4.57 Å². The molecule has 0 aliphatic carbocycles. The standard InChI is InChI=1S/C16H11Cl2F3N2O4/c17-10-2-1-3-11(18)15(10)22-12(24)8-27-14(26)7-23-6-9(16(19,20)21)4-5-13(23)25/h1-6H,7-8H2,(H,22,24). The number of ether oxygens (including phenoxy) is 1. The van der Waals surface area contributed by atoms with Crippen molar-refractivity contribution in [2.75, 3.05) is 11.9 Å². The summed E-state index contributed by atoms with van der Waals surface area (Å²) in [5.74, 6) is -1.84. The molecule has 0 saturated heterocycles. The van der Waals surface area contributed by atoms with Crippen LogP contribution in [0.4, 0.5) is 18.9 Å². The molecule has 0 fully saturated rings. The Hall–Kier alpha value is -2.52. The van der Waals surface area contributed by atoms with Crippen LogP contribution in [0.25, 0.3) is 0 Å². The van der Waals surface area contributed by atoms with Gasteiger partial charge < -0.3 is 14.6 Å². The van der Waals surface area contributed by atoms with E-state index in [2.05, 4.69) is 10.1 Å². The van der Waals surface area contributed by atoms with Crippen molar-refractivity contribution in [1.29, 1.82) is 0 Å². The number of hydrogen-bond acceptors (Lipinski definition) is 4. The van der Waals surface area contributed by atoms with Crippen LogP contribution in [0.5, 0.6) is 0 Å². The molecule has 0 aliphatic heterocycles. The van der Waals surface area contributed by atoms with Crippen molar-refractivity contribution in [3.8, 4) is 0 Å². The molecule has 0 saturated carbocycles. The van der Waals surface area contributed by atoms with Gasteiger partial charge in [-0.05, 0) is 18.2 Å². The van der Waals surface area contributed by atoms with E-state index in [0.717, 1.165) is 0 Å². The zero-order valence-electron chi connectivity index (χ0n) is 13.3. The largest absolute Gasteiger partial charge is 0.454 e. The predicted octanol–water partition coefficient (Wildman–Crippen LogP) is 3.36. The molecule has 2 rings (SSSR count). The maximum Gasteiger partial charge on any atom is 0.417 e. The number of amides is 1. The Bertz CT molecular complexity index is 908. The average molecular weight is 423 g/mol. The first-order valence-corrected chi connectivity index (χ1v) is 8.00. The third-order valence-electron chi connectivity index (χ3n) is 3.20. The highest BCUT2D eigenvalue weighted by Gasteiger charge is 2.31. The number of benzene rings is 1. The normalized spacial score (nSPS) is 11.1. The van der Waals surface area contributed by atoms with Gasteiger partial charge in [0.2, 0.25) is 0 Å². The minimum Gasteiger partial charge on any atom is -0.454 e. The molecule has 0 bridgehead atoms. The number of halogens is 5. The van der Waals surface area contributed by atoms with Gasteiger partial charge in [-0.25, -0.2) is 0 Å². The van der Waals surface area contributed by atoms with Crippen molar-refractivity contribution in [3.63, 3.8) is 0 Å². The van der Waals surface area contributed by atoms with Crippen molar-refractivity contribution in [2.24, 2.45) is 0 Å². The van der Waals surface area contributed by atoms with E-state index >= 15 is 0 Å². The number of nitrogens with one attached hydrogen (secondary N) is 1. The molecule has 2 aromatic rings. The number of hydrogen-bond donors (Lipinski definition) is 1. The second-order valence-electron chi connectivity index (χ2n) is 5.19. The average Bonchev–Trinajstić information content (AvgIpc) is 2.57. The lowest BCUT2D eigenvalue weighted by atomic mass is 10.3. The summed E-state index contributed by atoms with van der Waals surface area (Å²) in [4.78, 5) is 35.1. The van der Waals surface area contributed by atoms with Crippen LogP contribution in [0.2, 0.25) is 10.0 Å². The van der Waals surface area contributed by atoms with E-state index in [1.165, 1.54) is 12.1 Å². The quantitative estimate of drug-likeness (QED) is 0.749. The van der Waals surface area contributed by atoms with Crippen LogP contribution >= 0.6 is 23.2 Å². The number of para-hydroxylation sites is 1. The molecule has 1 aromatic heterocycles. The van der Waals surface area contributed by atoms with Crippen LogP contribution < -0.4 is 10.9 Å². The van der Waals surface area contributed by atoms with E-state index in [1.54, 1.807) is 6.07 Å². The molecular formula is C16H11Cl2F3N2O4. The van der Waals surface area contributed by atoms with Gasteiger partial charge in [0.15, 0.2) is 6.61 Å². The van der Waals surface area contributed by atoms with Crippen molar-refractivity contribution >= 4 is 40.8 Å². The highest BCUT2D eigenvalue weighted by molar-refractivity contribution is 6.39. The van der Waals surface area contributed by atoms with Crippen LogP contribution in [-0.4, -0.2) is 23.1 Å². The van der Waals surface area contributed by atoms with Gasteiger partial charge in [-0.2, -0.15) is 13.2 Å². The van der Waals surface area contributed by atoms with Crippen molar-refractivity contribution < 1.29 is 27.5 Å². The molecule has 1 heterocycles. The molecule has 6 nitrogen and oxygen atoms in total. The van der Waals surface area contributed by atoms with E-state index < -0.39 is 42.3 Å². The highest BCUT2D eigenvalue weighted by Crippen LogP contribution is 2.30. The second kappa shape index (κ2) is 8.45. The fourth-order valence-corrected chi connectivity index (χ4v) is 2.44. The number of anilines is 1. The van der Waals surface area contributed by atoms with Gasteiger partial charge in [-0.15, -0.1) is 0 Å². The molecule has 0 unspecified atom stereocenters. The molecule has 144 valence electrons. The Morgan fingerprint density at radius 1 is 1.11 bits per heavy atom. The Balaban J connectivity index is 1.97. The molecule has 0 spiro atoms. The number of pyridine rings is 1. The molecule has 0 radical (unpaired) electrons. The van der Waals surface area contributed by atoms with Crippen LogP contribution in [-0.2, 0) is 27.0 Å². The molecule has 27 heavy (non-hydrogen) atoms. The third-order valence-corrected chi connectivity index (χ3v) is 3.83. The van der Waals surface area contributed by atoms with Crippen LogP contribution in [0.1, 0.15) is 5.56 Å². The summed E-state index contributed by atoms with van der Waals surface area (Å²) in [5, 5.41) is 2.67. The van der Waals surface area contributed by atoms with Crippen molar-refractivity contribution in [2.45, 2.75) is 12.7 Å². The molecular weight excluding hydrogens is 412 g/mol. The molecule has 1 N–H and O–H groups in total. The van der Waals surface area contributed by atoms with Gasteiger partial charge in [0.1, 0.15) is 6.54 Å². The van der Waals surface area contributed by atoms with Crippen LogP contribution in [0.3, 0.4) is 0 Å². The lowest BCUT2D eigenvalue weighted by molar-refractivity contribution is -0.148. The summed E-state index contributed by atoms with van der Waals surface area (Å²) in [7, 11) is 0. The Morgan fingerprint density at radius 3 is 2.33 bits per heavy atom. The fourth-order valence-electron chi connectivity index (χ4n) is 1.95. The van der Waals surface area contributed by atoms with E-state index in [9.17, 15) is 27.6 Å². The first-order chi connectivity index (χ1) is 12.6. The summed E-state index contributed by atoms with van der Waals surface area (Å²) in [6.07, 6.45) is -4.18. The summed E-state index contributed by atoms with van der Waals surface area (Å²) >= 11 is 11.8. The van der Waals surface area contributed by atoms with Gasteiger partial charge >= 0.3 is 12.1 Å². The van der Waals surface area contributed by atoms with Crippen LogP contribution in [0, 0.1) is 0 Å². The first kappa shape index (κ1) is 20.8. The van der Waals surface area contributed by atoms with Gasteiger partial charge in [0.05, 0.1) is 21.3 Å². The highest BCUT2D eigenvalue weighted by atomic mass is 35.5. The minimum absolute atomic E-state index is 0.121. The number of aromatic nitrogens is 1. The summed E-state index contributed by atoms with van der Waals surface area (Å²) < 4.78 is 43.2. The Morgan fingerprint density at radius 2 is 1.74 bits per heavy atom. The van der Waals surface area contributed by atoms with Crippen molar-refractivity contribution in [3.05, 3.63) is 62.5 Å². The smallest absolute Gasteiger partial charge is 0.417 e. The number of esters is 1. The third kappa shape index (κ3) is 5.73. The maximum atomic E-state index is 12.7. The van der Waals surface area contributed by atoms with Gasteiger partial charge in [-0.1, -0.05) is 29.3 Å². The van der Waals surface area contributed by atoms with Gasteiger partial charge in [0.25, 0.3) is 11.5 Å². The van der Waals surface area contributed by atoms with Gasteiger partial charge in [0, 0.05) is 12.3 Å². The number of carbonyl (C=O) groups excluding carboxylic acids is 2. The number of rotatable bonds is 5. The number of nitrogens with zero attached hydrogens (tertiary/aromatic N) is 1. The molecule has 0 aliphatic rings. The SMILES string of the molecule is O=C(COC(=O)Cn1cc(C(F)(F)F)ccc1=O)Nc1c(Cl)cccc1Cl. The van der Waals surface area contributed by atoms with Gasteiger partial charge in [-0.3, -0.25) is 14.4 Å². The first-order valence-electron chi connectivity index (χ1n) is 7.25. The molecule has 1 amide bonds. The predicted molar refractivity (Wildman–Crippen MR) is 91.8 cm³/mol. The summed E-state index contributed by atoms with van der Waals surface area (Å²) in [5.41, 5.74) is -1.80. The number of carbonyl (C=O) groups is 2. The summed E-state index contributed by atoms with van der Waals surface area (Å²) in [6.45, 7) is -1.53. The zero-order chi connectivity index (χ0) is 20.2. The zero-order valence-corrected chi connectivity index (χ0v) is 14.9. The van der Waals surface area contributed by atoms with Crippen LogP contribution in [0.15, 0.2) is 41.3 Å². The molecule has 11 heteroatoms.